The van der Waals surface area contributed by atoms with Gasteiger partial charge >= 0.3 is 23.9 Å². The Hall–Kier alpha value is -4.91. The second-order valence-electron chi connectivity index (χ2n) is 8.40. The van der Waals surface area contributed by atoms with E-state index in [-0.39, 0.29) is 0 Å². The van der Waals surface area contributed by atoms with E-state index in [1.54, 1.807) is 7.11 Å². The quantitative estimate of drug-likeness (QED) is 0.136. The minimum atomic E-state index is -1.26. The molecule has 0 radical (unpaired) electrons. The van der Waals surface area contributed by atoms with Crippen LogP contribution in [0.15, 0.2) is 48.7 Å². The SMILES string of the molecule is CCN(CC)CCCNc1ncc(C)c2[nH]c3ccc(OC)cc3c12.O=C(O)/C=C\C(=O)O.O=C(O)/C=C\C(=O)O. The fourth-order valence-electron chi connectivity index (χ4n) is 3.60. The summed E-state index contributed by atoms with van der Waals surface area (Å²) in [5.74, 6) is -3.22. The number of aromatic nitrogens is 2. The summed E-state index contributed by atoms with van der Waals surface area (Å²) in [5.41, 5.74) is 3.40. The molecule has 0 spiro atoms. The Morgan fingerprint density at radius 3 is 1.95 bits per heavy atom. The van der Waals surface area contributed by atoms with Gasteiger partial charge in [-0.15, -0.1) is 0 Å². The van der Waals surface area contributed by atoms with Gasteiger partial charge in [0.25, 0.3) is 0 Å². The molecule has 0 fully saturated rings. The molecule has 2 aromatic heterocycles. The lowest BCUT2D eigenvalue weighted by molar-refractivity contribution is -0.134. The van der Waals surface area contributed by atoms with Crippen molar-refractivity contribution < 1.29 is 44.3 Å². The lowest BCUT2D eigenvalue weighted by Gasteiger charge is -2.18. The van der Waals surface area contributed by atoms with E-state index in [0.29, 0.717) is 24.3 Å². The average molecular weight is 573 g/mol. The van der Waals surface area contributed by atoms with E-state index in [4.69, 9.17) is 25.2 Å². The van der Waals surface area contributed by atoms with E-state index >= 15 is 0 Å². The number of aromatic amines is 1. The molecule has 0 unspecified atom stereocenters. The minimum absolute atomic E-state index is 0.558. The predicted molar refractivity (Wildman–Crippen MR) is 155 cm³/mol. The number of benzene rings is 1. The average Bonchev–Trinajstić information content (AvgIpc) is 3.32. The van der Waals surface area contributed by atoms with Gasteiger partial charge in [-0.3, -0.25) is 0 Å². The molecule has 3 aromatic rings. The first-order valence-electron chi connectivity index (χ1n) is 12.6. The molecule has 2 heterocycles. The molecule has 0 aliphatic heterocycles. The van der Waals surface area contributed by atoms with E-state index in [9.17, 15) is 19.2 Å². The molecule has 0 atom stereocenters. The van der Waals surface area contributed by atoms with E-state index in [2.05, 4.69) is 53.1 Å². The fourth-order valence-corrected chi connectivity index (χ4v) is 3.60. The Bertz CT molecular complexity index is 1330. The van der Waals surface area contributed by atoms with Crippen molar-refractivity contribution >= 4 is 51.5 Å². The number of anilines is 1. The van der Waals surface area contributed by atoms with Crippen LogP contribution in [0.5, 0.6) is 5.75 Å². The van der Waals surface area contributed by atoms with Crippen molar-refractivity contribution in [3.05, 3.63) is 54.3 Å². The summed E-state index contributed by atoms with van der Waals surface area (Å²) in [7, 11) is 1.70. The summed E-state index contributed by atoms with van der Waals surface area (Å²) in [5, 5.41) is 37.1. The number of carbonyl (C=O) groups is 4. The summed E-state index contributed by atoms with van der Waals surface area (Å²) >= 11 is 0. The highest BCUT2D eigenvalue weighted by atomic mass is 16.5. The van der Waals surface area contributed by atoms with E-state index in [1.807, 2.05) is 12.3 Å². The van der Waals surface area contributed by atoms with Crippen molar-refractivity contribution in [1.82, 2.24) is 14.9 Å². The Morgan fingerprint density at radius 1 is 0.951 bits per heavy atom. The van der Waals surface area contributed by atoms with Gasteiger partial charge in [-0.25, -0.2) is 24.2 Å². The number of carboxylic acids is 4. The molecule has 3 rings (SSSR count). The number of hydrogen-bond donors (Lipinski definition) is 6. The molecule has 0 saturated carbocycles. The maximum absolute atomic E-state index is 9.55. The smallest absolute Gasteiger partial charge is 0.328 e. The van der Waals surface area contributed by atoms with Crippen LogP contribution in [0.1, 0.15) is 25.8 Å². The van der Waals surface area contributed by atoms with Gasteiger partial charge in [0.05, 0.1) is 18.0 Å². The lowest BCUT2D eigenvalue weighted by atomic mass is 10.1. The zero-order valence-electron chi connectivity index (χ0n) is 23.4. The zero-order valence-corrected chi connectivity index (χ0v) is 23.4. The van der Waals surface area contributed by atoms with Gasteiger partial charge in [-0.05, 0) is 56.7 Å². The summed E-state index contributed by atoms with van der Waals surface area (Å²) in [6.45, 7) is 10.7. The second kappa shape index (κ2) is 17.6. The number of methoxy groups -OCH3 is 1. The predicted octanol–water partition coefficient (Wildman–Crippen LogP) is 3.60. The van der Waals surface area contributed by atoms with Gasteiger partial charge in [0, 0.05) is 47.9 Å². The molecule has 222 valence electrons. The van der Waals surface area contributed by atoms with Gasteiger partial charge in [-0.2, -0.15) is 0 Å². The molecule has 0 bridgehead atoms. The molecule has 13 nitrogen and oxygen atoms in total. The largest absolute Gasteiger partial charge is 0.497 e. The Labute approximate surface area is 236 Å². The van der Waals surface area contributed by atoms with Crippen LogP contribution in [-0.2, 0) is 19.2 Å². The van der Waals surface area contributed by atoms with Crippen LogP contribution in [-0.4, -0.2) is 92.5 Å². The third-order valence-electron chi connectivity index (χ3n) is 5.60. The molecule has 0 saturated heterocycles. The van der Waals surface area contributed by atoms with Crippen LogP contribution in [0.3, 0.4) is 0 Å². The molecular formula is C28H36N4O9. The Morgan fingerprint density at radius 2 is 1.49 bits per heavy atom. The van der Waals surface area contributed by atoms with Crippen molar-refractivity contribution in [1.29, 1.82) is 0 Å². The standard InChI is InChI=1S/C20H28N4O.2C4H4O4/c1-5-24(6-2)11-7-10-21-20-18-16-12-15(25-4)8-9-17(16)23-19(18)14(3)13-22-20;2*5-3(6)1-2-4(7)8/h8-9,12-13,23H,5-7,10-11H2,1-4H3,(H,21,22);2*1-2H,(H,5,6)(H,7,8)/b;2*2-1-. The summed E-state index contributed by atoms with van der Waals surface area (Å²) < 4.78 is 5.40. The second-order valence-corrected chi connectivity index (χ2v) is 8.40. The highest BCUT2D eigenvalue weighted by molar-refractivity contribution is 6.13. The molecular weight excluding hydrogens is 536 g/mol. The molecule has 0 amide bonds. The monoisotopic (exact) mass is 572 g/mol. The first-order chi connectivity index (χ1) is 19.4. The topological polar surface area (TPSA) is 202 Å². The molecule has 0 aliphatic rings. The number of aryl methyl sites for hydroxylation is 1. The highest BCUT2D eigenvalue weighted by Crippen LogP contribution is 2.34. The summed E-state index contributed by atoms with van der Waals surface area (Å²) in [4.78, 5) is 48.8. The van der Waals surface area contributed by atoms with E-state index in [0.717, 1.165) is 71.5 Å². The maximum Gasteiger partial charge on any atom is 0.328 e. The van der Waals surface area contributed by atoms with Crippen molar-refractivity contribution in [3.63, 3.8) is 0 Å². The van der Waals surface area contributed by atoms with Gasteiger partial charge in [0.15, 0.2) is 0 Å². The van der Waals surface area contributed by atoms with E-state index in [1.165, 1.54) is 0 Å². The van der Waals surface area contributed by atoms with Crippen LogP contribution in [0.25, 0.3) is 21.8 Å². The van der Waals surface area contributed by atoms with Crippen molar-refractivity contribution in [2.45, 2.75) is 27.2 Å². The summed E-state index contributed by atoms with van der Waals surface area (Å²) in [6.07, 6.45) is 5.27. The first-order valence-corrected chi connectivity index (χ1v) is 12.6. The number of hydrogen-bond acceptors (Lipinski definition) is 8. The molecule has 6 N–H and O–H groups in total. The Balaban J connectivity index is 0.000000433. The molecule has 13 heteroatoms. The number of nitrogens with zero attached hydrogens (tertiary/aromatic N) is 2. The third-order valence-corrected chi connectivity index (χ3v) is 5.60. The highest BCUT2D eigenvalue weighted by Gasteiger charge is 2.13. The molecule has 1 aromatic carbocycles. The third kappa shape index (κ3) is 12.2. The number of pyridine rings is 1. The number of aliphatic carboxylic acids is 4. The van der Waals surface area contributed by atoms with Gasteiger partial charge in [0.1, 0.15) is 11.6 Å². The van der Waals surface area contributed by atoms with Crippen molar-refractivity contribution in [2.24, 2.45) is 0 Å². The summed E-state index contributed by atoms with van der Waals surface area (Å²) in [6, 6.07) is 6.13. The van der Waals surface area contributed by atoms with Crippen LogP contribution in [0, 0.1) is 6.92 Å². The molecule has 41 heavy (non-hydrogen) atoms. The lowest BCUT2D eigenvalue weighted by Crippen LogP contribution is -2.25. The van der Waals surface area contributed by atoms with Crippen molar-refractivity contribution in [3.8, 4) is 5.75 Å². The van der Waals surface area contributed by atoms with Crippen LogP contribution in [0.4, 0.5) is 5.82 Å². The number of fused-ring (bicyclic) bond motifs is 3. The number of carboxylic acid groups (broad SMARTS) is 4. The van der Waals surface area contributed by atoms with Crippen molar-refractivity contribution in [2.75, 3.05) is 38.6 Å². The van der Waals surface area contributed by atoms with E-state index < -0.39 is 23.9 Å². The normalized spacial score (nSPS) is 10.8. The zero-order chi connectivity index (χ0) is 30.9. The number of H-pyrrole nitrogens is 1. The van der Waals surface area contributed by atoms with Crippen LogP contribution in [0.2, 0.25) is 0 Å². The van der Waals surface area contributed by atoms with Gasteiger partial charge < -0.3 is 40.4 Å². The van der Waals surface area contributed by atoms with Crippen LogP contribution >= 0.6 is 0 Å². The minimum Gasteiger partial charge on any atom is -0.497 e. The van der Waals surface area contributed by atoms with Gasteiger partial charge in [0.2, 0.25) is 0 Å². The number of rotatable bonds is 12. The number of nitrogens with one attached hydrogen (secondary N) is 2. The fraction of sp³-hybridized carbons (Fsp3) is 0.321. The van der Waals surface area contributed by atoms with Crippen LogP contribution < -0.4 is 10.1 Å². The first kappa shape index (κ1) is 34.1. The van der Waals surface area contributed by atoms with Gasteiger partial charge in [-0.1, -0.05) is 13.8 Å². The Kier molecular flexibility index (Phi) is 14.7. The number of ether oxygens (including phenoxy) is 1. The maximum atomic E-state index is 9.55. The molecule has 0 aliphatic carbocycles.